The van der Waals surface area contributed by atoms with E-state index in [9.17, 15) is 9.50 Å². The van der Waals surface area contributed by atoms with Gasteiger partial charge in [-0.1, -0.05) is 23.7 Å². The standard InChI is InChI=1S/C13H14ClFN2O/c1-2-17-8-9(7-16-17)6-12(18)10-4-3-5-11(15)13(10)14/h3-5,7-8,12,18H,2,6H2,1H3. The highest BCUT2D eigenvalue weighted by Crippen LogP contribution is 2.27. The first-order valence-electron chi connectivity index (χ1n) is 5.75. The van der Waals surface area contributed by atoms with Gasteiger partial charge in [0.25, 0.3) is 0 Å². The molecule has 0 bridgehead atoms. The number of rotatable bonds is 4. The van der Waals surface area contributed by atoms with Crippen LogP contribution in [0.25, 0.3) is 0 Å². The Labute approximate surface area is 110 Å². The molecule has 0 aliphatic carbocycles. The summed E-state index contributed by atoms with van der Waals surface area (Å²) in [6.45, 7) is 2.76. The molecule has 2 aromatic rings. The summed E-state index contributed by atoms with van der Waals surface area (Å²) in [4.78, 5) is 0. The van der Waals surface area contributed by atoms with E-state index in [4.69, 9.17) is 11.6 Å². The van der Waals surface area contributed by atoms with E-state index >= 15 is 0 Å². The van der Waals surface area contributed by atoms with E-state index in [1.165, 1.54) is 12.1 Å². The van der Waals surface area contributed by atoms with E-state index in [2.05, 4.69) is 5.10 Å². The van der Waals surface area contributed by atoms with Crippen molar-refractivity contribution in [3.63, 3.8) is 0 Å². The Morgan fingerprint density at radius 3 is 2.94 bits per heavy atom. The number of aryl methyl sites for hydroxylation is 1. The van der Waals surface area contributed by atoms with Crippen molar-refractivity contribution in [1.82, 2.24) is 9.78 Å². The number of hydrogen-bond donors (Lipinski definition) is 1. The molecule has 5 heteroatoms. The fourth-order valence-corrected chi connectivity index (χ4v) is 2.05. The Morgan fingerprint density at radius 1 is 1.50 bits per heavy atom. The Hall–Kier alpha value is -1.39. The lowest BCUT2D eigenvalue weighted by molar-refractivity contribution is 0.178. The summed E-state index contributed by atoms with van der Waals surface area (Å²) in [5.41, 5.74) is 1.30. The zero-order valence-electron chi connectivity index (χ0n) is 9.98. The molecule has 0 amide bonds. The van der Waals surface area contributed by atoms with Crippen LogP contribution in [0.15, 0.2) is 30.6 Å². The molecular weight excluding hydrogens is 255 g/mol. The SMILES string of the molecule is CCn1cc(CC(O)c2cccc(F)c2Cl)cn1. The Bertz CT molecular complexity index is 542. The van der Waals surface area contributed by atoms with Crippen LogP contribution >= 0.6 is 11.6 Å². The molecule has 3 nitrogen and oxygen atoms in total. The lowest BCUT2D eigenvalue weighted by atomic mass is 10.0. The van der Waals surface area contributed by atoms with Gasteiger partial charge >= 0.3 is 0 Å². The summed E-state index contributed by atoms with van der Waals surface area (Å²) in [5.74, 6) is -0.516. The van der Waals surface area contributed by atoms with Gasteiger partial charge in [0.15, 0.2) is 0 Å². The van der Waals surface area contributed by atoms with Gasteiger partial charge in [0.2, 0.25) is 0 Å². The van der Waals surface area contributed by atoms with Gasteiger partial charge in [-0.05, 0) is 18.6 Å². The summed E-state index contributed by atoms with van der Waals surface area (Å²) < 4.78 is 15.1. The maximum absolute atomic E-state index is 13.3. The predicted molar refractivity (Wildman–Crippen MR) is 68.0 cm³/mol. The molecule has 1 N–H and O–H groups in total. The highest BCUT2D eigenvalue weighted by Gasteiger charge is 2.15. The van der Waals surface area contributed by atoms with Crippen LogP contribution in [0.4, 0.5) is 4.39 Å². The molecule has 2 rings (SSSR count). The van der Waals surface area contributed by atoms with Gasteiger partial charge in [-0.15, -0.1) is 0 Å². The third-order valence-corrected chi connectivity index (χ3v) is 3.18. The molecule has 96 valence electrons. The second-order valence-electron chi connectivity index (χ2n) is 4.07. The molecule has 1 heterocycles. The molecule has 1 unspecified atom stereocenters. The van der Waals surface area contributed by atoms with Crippen molar-refractivity contribution >= 4 is 11.6 Å². The number of aliphatic hydroxyl groups is 1. The van der Waals surface area contributed by atoms with E-state index in [1.54, 1.807) is 16.9 Å². The van der Waals surface area contributed by atoms with Crippen molar-refractivity contribution in [2.24, 2.45) is 0 Å². The van der Waals surface area contributed by atoms with Crippen LogP contribution < -0.4 is 0 Å². The molecule has 0 spiro atoms. The van der Waals surface area contributed by atoms with Crippen molar-refractivity contribution in [2.45, 2.75) is 26.0 Å². The van der Waals surface area contributed by atoms with Gasteiger partial charge in [-0.25, -0.2) is 4.39 Å². The highest BCUT2D eigenvalue weighted by atomic mass is 35.5. The summed E-state index contributed by atoms with van der Waals surface area (Å²) >= 11 is 5.83. The summed E-state index contributed by atoms with van der Waals surface area (Å²) in [6.07, 6.45) is 3.09. The monoisotopic (exact) mass is 268 g/mol. The average Bonchev–Trinajstić information content (AvgIpc) is 2.80. The first-order chi connectivity index (χ1) is 8.61. The van der Waals surface area contributed by atoms with Crippen LogP contribution in [0, 0.1) is 5.82 Å². The normalized spacial score (nSPS) is 12.7. The first-order valence-corrected chi connectivity index (χ1v) is 6.13. The molecule has 0 radical (unpaired) electrons. The van der Waals surface area contributed by atoms with Gasteiger partial charge < -0.3 is 5.11 Å². The maximum Gasteiger partial charge on any atom is 0.142 e. The Kier molecular flexibility index (Phi) is 3.99. The van der Waals surface area contributed by atoms with E-state index in [-0.39, 0.29) is 5.02 Å². The van der Waals surface area contributed by atoms with Gasteiger partial charge in [0.05, 0.1) is 17.3 Å². The third kappa shape index (κ3) is 2.71. The fourth-order valence-electron chi connectivity index (χ4n) is 1.80. The minimum Gasteiger partial charge on any atom is -0.388 e. The summed E-state index contributed by atoms with van der Waals surface area (Å²) in [7, 11) is 0. The second kappa shape index (κ2) is 5.50. The third-order valence-electron chi connectivity index (χ3n) is 2.78. The van der Waals surface area contributed by atoms with Crippen LogP contribution in [0.1, 0.15) is 24.2 Å². The molecule has 0 saturated carbocycles. The number of nitrogens with zero attached hydrogens (tertiary/aromatic N) is 2. The number of aliphatic hydroxyl groups excluding tert-OH is 1. The molecular formula is C13H14ClFN2O. The minimum atomic E-state index is -0.831. The molecule has 1 aromatic carbocycles. The van der Waals surface area contributed by atoms with Crippen molar-refractivity contribution in [1.29, 1.82) is 0 Å². The van der Waals surface area contributed by atoms with Gasteiger partial charge in [-0.2, -0.15) is 5.10 Å². The topological polar surface area (TPSA) is 38.0 Å². The van der Waals surface area contributed by atoms with Crippen LogP contribution in [-0.2, 0) is 13.0 Å². The van der Waals surface area contributed by atoms with Gasteiger partial charge in [0.1, 0.15) is 5.82 Å². The Morgan fingerprint density at radius 2 is 2.28 bits per heavy atom. The summed E-state index contributed by atoms with van der Waals surface area (Å²) in [6, 6.07) is 4.43. The van der Waals surface area contributed by atoms with Crippen molar-refractivity contribution < 1.29 is 9.50 Å². The van der Waals surface area contributed by atoms with Crippen LogP contribution in [0.2, 0.25) is 5.02 Å². The van der Waals surface area contributed by atoms with Gasteiger partial charge in [0, 0.05) is 24.7 Å². The van der Waals surface area contributed by atoms with E-state index in [1.807, 2.05) is 13.1 Å². The quantitative estimate of drug-likeness (QED) is 0.926. The van der Waals surface area contributed by atoms with Crippen molar-refractivity contribution in [2.75, 3.05) is 0 Å². The maximum atomic E-state index is 13.3. The molecule has 0 aliphatic rings. The highest BCUT2D eigenvalue weighted by molar-refractivity contribution is 6.31. The van der Waals surface area contributed by atoms with Gasteiger partial charge in [-0.3, -0.25) is 4.68 Å². The molecule has 0 fully saturated rings. The number of halogens is 2. The molecule has 1 aromatic heterocycles. The molecule has 0 aliphatic heterocycles. The van der Waals surface area contributed by atoms with Crippen molar-refractivity contribution in [3.8, 4) is 0 Å². The zero-order chi connectivity index (χ0) is 13.1. The predicted octanol–water partition coefficient (Wildman–Crippen LogP) is 2.97. The smallest absolute Gasteiger partial charge is 0.142 e. The molecule has 18 heavy (non-hydrogen) atoms. The first kappa shape index (κ1) is 13.1. The number of hydrogen-bond acceptors (Lipinski definition) is 2. The zero-order valence-corrected chi connectivity index (χ0v) is 10.7. The minimum absolute atomic E-state index is 0.0205. The van der Waals surface area contributed by atoms with E-state index in [0.717, 1.165) is 12.1 Å². The summed E-state index contributed by atoms with van der Waals surface area (Å²) in [5, 5.41) is 14.2. The lowest BCUT2D eigenvalue weighted by Gasteiger charge is -2.11. The van der Waals surface area contributed by atoms with Crippen LogP contribution in [0.3, 0.4) is 0 Å². The molecule has 0 saturated heterocycles. The van der Waals surface area contributed by atoms with Crippen LogP contribution in [0.5, 0.6) is 0 Å². The molecule has 1 atom stereocenters. The average molecular weight is 269 g/mol. The largest absolute Gasteiger partial charge is 0.388 e. The number of aromatic nitrogens is 2. The number of benzene rings is 1. The Balaban J connectivity index is 2.16. The fraction of sp³-hybridized carbons (Fsp3) is 0.308. The second-order valence-corrected chi connectivity index (χ2v) is 4.45. The lowest BCUT2D eigenvalue weighted by Crippen LogP contribution is -2.03. The van der Waals surface area contributed by atoms with Crippen molar-refractivity contribution in [3.05, 3.63) is 52.6 Å². The van der Waals surface area contributed by atoms with Crippen LogP contribution in [-0.4, -0.2) is 14.9 Å². The van der Waals surface area contributed by atoms with E-state index in [0.29, 0.717) is 12.0 Å². The van der Waals surface area contributed by atoms with E-state index < -0.39 is 11.9 Å².